The second kappa shape index (κ2) is 11.7. The van der Waals surface area contributed by atoms with Gasteiger partial charge in [0.25, 0.3) is 0 Å². The van der Waals surface area contributed by atoms with Crippen molar-refractivity contribution in [3.63, 3.8) is 0 Å². The third kappa shape index (κ3) is 14.5. The van der Waals surface area contributed by atoms with Crippen LogP contribution in [0.1, 0.15) is 20.3 Å². The molecule has 0 aliphatic rings. The van der Waals surface area contributed by atoms with E-state index < -0.39 is 9.84 Å². The Morgan fingerprint density at radius 3 is 2.35 bits per heavy atom. The first-order valence-electron chi connectivity index (χ1n) is 7.08. The number of halogens is 1. The minimum atomic E-state index is -2.99. The first kappa shape index (κ1) is 24.4. The summed E-state index contributed by atoms with van der Waals surface area (Å²) in [6.45, 7) is 8.10. The second-order valence-electron chi connectivity index (χ2n) is 5.73. The standard InChI is InChI=1S/C14H28N4O3S.HI/c1-11(2)9-15-14(16-10-13(19)18(4)5)17-12(3)7-8-22(6,20)21;/h12H,1,7-10H2,2-6H3,(H2,15,16,17);1H. The van der Waals surface area contributed by atoms with Gasteiger partial charge in [0.2, 0.25) is 5.91 Å². The molecule has 2 N–H and O–H groups in total. The molecule has 1 amide bonds. The van der Waals surface area contributed by atoms with Gasteiger partial charge < -0.3 is 15.5 Å². The van der Waals surface area contributed by atoms with E-state index in [0.29, 0.717) is 18.9 Å². The van der Waals surface area contributed by atoms with Crippen LogP contribution in [0.5, 0.6) is 0 Å². The highest BCUT2D eigenvalue weighted by Gasteiger charge is 2.10. The molecule has 1 atom stereocenters. The minimum absolute atomic E-state index is 0. The number of carbonyl (C=O) groups is 1. The Morgan fingerprint density at radius 2 is 1.91 bits per heavy atom. The number of nitrogens with one attached hydrogen (secondary N) is 2. The smallest absolute Gasteiger partial charge is 0.243 e. The largest absolute Gasteiger partial charge is 0.354 e. The topological polar surface area (TPSA) is 90.9 Å². The maximum Gasteiger partial charge on any atom is 0.243 e. The lowest BCUT2D eigenvalue weighted by Gasteiger charge is -2.18. The molecule has 0 aromatic heterocycles. The van der Waals surface area contributed by atoms with Crippen LogP contribution in [0.4, 0.5) is 0 Å². The van der Waals surface area contributed by atoms with Crippen LogP contribution in [0, 0.1) is 0 Å². The Bertz CT molecular complexity index is 518. The monoisotopic (exact) mass is 460 g/mol. The van der Waals surface area contributed by atoms with Gasteiger partial charge in [0.15, 0.2) is 5.96 Å². The van der Waals surface area contributed by atoms with Gasteiger partial charge in [0, 0.05) is 32.9 Å². The van der Waals surface area contributed by atoms with Crippen molar-refractivity contribution in [1.82, 2.24) is 15.5 Å². The summed E-state index contributed by atoms with van der Waals surface area (Å²) in [5, 5.41) is 6.16. The molecule has 0 fully saturated rings. The minimum Gasteiger partial charge on any atom is -0.354 e. The van der Waals surface area contributed by atoms with Crippen LogP contribution in [0.2, 0.25) is 0 Å². The Balaban J connectivity index is 0. The van der Waals surface area contributed by atoms with Gasteiger partial charge in [-0.25, -0.2) is 13.4 Å². The molecule has 1 unspecified atom stereocenters. The number of nitrogens with zero attached hydrogens (tertiary/aromatic N) is 2. The van der Waals surface area contributed by atoms with Crippen LogP contribution in [-0.2, 0) is 14.6 Å². The van der Waals surface area contributed by atoms with Gasteiger partial charge in [0.1, 0.15) is 16.4 Å². The molecule has 0 heterocycles. The molecular weight excluding hydrogens is 431 g/mol. The lowest BCUT2D eigenvalue weighted by Crippen LogP contribution is -2.44. The van der Waals surface area contributed by atoms with Crippen molar-refractivity contribution in [1.29, 1.82) is 0 Å². The molecule has 0 aromatic rings. The van der Waals surface area contributed by atoms with Crippen molar-refractivity contribution in [2.24, 2.45) is 4.99 Å². The number of hydrogen-bond donors (Lipinski definition) is 2. The van der Waals surface area contributed by atoms with Crippen molar-refractivity contribution in [2.45, 2.75) is 26.3 Å². The summed E-state index contributed by atoms with van der Waals surface area (Å²) >= 11 is 0. The Hall–Kier alpha value is -0.840. The molecule has 0 rings (SSSR count). The molecule has 0 aliphatic heterocycles. The van der Waals surface area contributed by atoms with E-state index in [4.69, 9.17) is 0 Å². The number of hydrogen-bond acceptors (Lipinski definition) is 4. The lowest BCUT2D eigenvalue weighted by molar-refractivity contribution is -0.127. The maximum absolute atomic E-state index is 11.6. The van der Waals surface area contributed by atoms with Gasteiger partial charge in [-0.15, -0.1) is 24.0 Å². The molecule has 136 valence electrons. The zero-order chi connectivity index (χ0) is 17.3. The number of guanidine groups is 1. The number of carbonyl (C=O) groups excluding carboxylic acids is 1. The van der Waals surface area contributed by atoms with E-state index in [1.165, 1.54) is 11.2 Å². The molecule has 0 aliphatic carbocycles. The molecule has 0 bridgehead atoms. The first-order chi connectivity index (χ1) is 10.0. The summed E-state index contributed by atoms with van der Waals surface area (Å²) < 4.78 is 22.4. The van der Waals surface area contributed by atoms with Gasteiger partial charge in [-0.2, -0.15) is 0 Å². The average Bonchev–Trinajstić information content (AvgIpc) is 2.38. The SMILES string of the molecule is C=C(C)CNC(=NCC(=O)N(C)C)NC(C)CCS(C)(=O)=O.I. The van der Waals surface area contributed by atoms with Crippen LogP contribution in [0.25, 0.3) is 0 Å². The maximum atomic E-state index is 11.6. The quantitative estimate of drug-likeness (QED) is 0.240. The molecule has 7 nitrogen and oxygen atoms in total. The van der Waals surface area contributed by atoms with Crippen molar-refractivity contribution < 1.29 is 13.2 Å². The molecule has 0 radical (unpaired) electrons. The Labute approximate surface area is 156 Å². The van der Waals surface area contributed by atoms with E-state index in [-0.39, 0.29) is 48.2 Å². The van der Waals surface area contributed by atoms with Crippen LogP contribution >= 0.6 is 24.0 Å². The van der Waals surface area contributed by atoms with Crippen molar-refractivity contribution >= 4 is 45.7 Å². The van der Waals surface area contributed by atoms with Crippen LogP contribution in [-0.4, -0.2) is 70.4 Å². The number of aliphatic imine (C=N–C) groups is 1. The van der Waals surface area contributed by atoms with E-state index in [1.54, 1.807) is 14.1 Å². The summed E-state index contributed by atoms with van der Waals surface area (Å²) in [5.74, 6) is 0.463. The predicted molar refractivity (Wildman–Crippen MR) is 106 cm³/mol. The third-order valence-corrected chi connectivity index (χ3v) is 3.71. The van der Waals surface area contributed by atoms with E-state index in [1.807, 2.05) is 13.8 Å². The van der Waals surface area contributed by atoms with Crippen LogP contribution in [0.15, 0.2) is 17.1 Å². The molecule has 23 heavy (non-hydrogen) atoms. The Morgan fingerprint density at radius 1 is 1.35 bits per heavy atom. The van der Waals surface area contributed by atoms with E-state index >= 15 is 0 Å². The van der Waals surface area contributed by atoms with Crippen molar-refractivity contribution in [3.05, 3.63) is 12.2 Å². The first-order valence-corrected chi connectivity index (χ1v) is 9.14. The number of amides is 1. The summed E-state index contributed by atoms with van der Waals surface area (Å²) in [5.41, 5.74) is 0.928. The van der Waals surface area contributed by atoms with Crippen molar-refractivity contribution in [3.8, 4) is 0 Å². The fraction of sp³-hybridized carbons (Fsp3) is 0.714. The van der Waals surface area contributed by atoms with Crippen LogP contribution < -0.4 is 10.6 Å². The zero-order valence-corrected chi connectivity index (χ0v) is 17.7. The molecule has 0 aromatic carbocycles. The molecule has 9 heteroatoms. The summed E-state index contributed by atoms with van der Waals surface area (Å²) in [7, 11) is 0.342. The average molecular weight is 460 g/mol. The number of likely N-dealkylation sites (N-methyl/N-ethyl adjacent to an activating group) is 1. The van der Waals surface area contributed by atoms with Gasteiger partial charge in [0.05, 0.1) is 5.75 Å². The third-order valence-electron chi connectivity index (χ3n) is 2.73. The van der Waals surface area contributed by atoms with Gasteiger partial charge in [-0.05, 0) is 20.3 Å². The summed E-state index contributed by atoms with van der Waals surface area (Å²) in [4.78, 5) is 17.3. The highest BCUT2D eigenvalue weighted by molar-refractivity contribution is 14.0. The summed E-state index contributed by atoms with van der Waals surface area (Å²) in [6, 6.07) is -0.0828. The molecule has 0 saturated carbocycles. The molecule has 0 saturated heterocycles. The van der Waals surface area contributed by atoms with Crippen LogP contribution in [0.3, 0.4) is 0 Å². The van der Waals surface area contributed by atoms with Gasteiger partial charge in [-0.1, -0.05) is 12.2 Å². The van der Waals surface area contributed by atoms with Gasteiger partial charge >= 0.3 is 0 Å². The Kier molecular flexibility index (Phi) is 12.4. The van der Waals surface area contributed by atoms with Crippen molar-refractivity contribution in [2.75, 3.05) is 39.2 Å². The fourth-order valence-corrected chi connectivity index (χ4v) is 2.15. The van der Waals surface area contributed by atoms with E-state index in [0.717, 1.165) is 5.57 Å². The molecule has 0 spiro atoms. The highest BCUT2D eigenvalue weighted by Crippen LogP contribution is 1.96. The normalized spacial score (nSPS) is 12.8. The summed E-state index contributed by atoms with van der Waals surface area (Å²) in [6.07, 6.45) is 1.68. The molecular formula is C14H29IN4O3S. The highest BCUT2D eigenvalue weighted by atomic mass is 127. The fourth-order valence-electron chi connectivity index (χ4n) is 1.37. The number of rotatable bonds is 8. The second-order valence-corrected chi connectivity index (χ2v) is 7.99. The van der Waals surface area contributed by atoms with Gasteiger partial charge in [-0.3, -0.25) is 4.79 Å². The van der Waals surface area contributed by atoms with E-state index in [2.05, 4.69) is 22.2 Å². The number of sulfone groups is 1. The zero-order valence-electron chi connectivity index (χ0n) is 14.5. The van der Waals surface area contributed by atoms with E-state index in [9.17, 15) is 13.2 Å². The lowest BCUT2D eigenvalue weighted by atomic mass is 10.2. The predicted octanol–water partition coefficient (Wildman–Crippen LogP) is 0.627.